The van der Waals surface area contributed by atoms with Crippen LogP contribution in [0.3, 0.4) is 0 Å². The summed E-state index contributed by atoms with van der Waals surface area (Å²) in [5.41, 5.74) is 5.61. The molecule has 0 aliphatic heterocycles. The Balaban J connectivity index is 2.42. The Labute approximate surface area is 106 Å². The third-order valence-corrected chi connectivity index (χ3v) is 3.27. The maximum atomic E-state index is 11.7. The van der Waals surface area contributed by atoms with Gasteiger partial charge >= 0.3 is 0 Å². The van der Waals surface area contributed by atoms with Crippen LogP contribution in [0.5, 0.6) is 0 Å². The van der Waals surface area contributed by atoms with Gasteiger partial charge in [0.1, 0.15) is 5.82 Å². The molecule has 1 amide bonds. The number of amides is 1. The van der Waals surface area contributed by atoms with Gasteiger partial charge in [0.2, 0.25) is 5.91 Å². The minimum Gasteiger partial charge on any atom is -0.327 e. The number of hydrogen-bond donors (Lipinski definition) is 2. The molecule has 96 valence electrons. The fourth-order valence-electron chi connectivity index (χ4n) is 1.34. The highest BCUT2D eigenvalue weighted by Gasteiger charge is 2.09. The Hall–Kier alpha value is -1.01. The summed E-state index contributed by atoms with van der Waals surface area (Å²) in [6.07, 6.45) is 1.69. The molecule has 3 N–H and O–H groups in total. The molecule has 1 aromatic heterocycles. The van der Waals surface area contributed by atoms with Gasteiger partial charge in [-0.1, -0.05) is 0 Å². The molecule has 0 aliphatic carbocycles. The molecular weight excluding hydrogens is 236 g/mol. The molecule has 0 radical (unpaired) electrons. The molecule has 1 rings (SSSR count). The van der Waals surface area contributed by atoms with Crippen molar-refractivity contribution >= 4 is 23.5 Å². The number of thioether (sulfide) groups is 1. The first kappa shape index (κ1) is 14.1. The molecule has 0 fully saturated rings. The zero-order chi connectivity index (χ0) is 12.8. The van der Waals surface area contributed by atoms with Gasteiger partial charge < -0.3 is 11.1 Å². The average molecular weight is 256 g/mol. The molecule has 0 aromatic carbocycles. The van der Waals surface area contributed by atoms with Gasteiger partial charge in [0.15, 0.2) is 0 Å². The van der Waals surface area contributed by atoms with Crippen molar-refractivity contribution in [3.05, 3.63) is 12.3 Å². The third-order valence-electron chi connectivity index (χ3n) is 2.04. The lowest BCUT2D eigenvalue weighted by Gasteiger charge is -2.11. The van der Waals surface area contributed by atoms with Crippen molar-refractivity contribution in [3.8, 4) is 0 Å². The highest BCUT2D eigenvalue weighted by Crippen LogP contribution is 2.13. The molecule has 1 atom stereocenters. The summed E-state index contributed by atoms with van der Waals surface area (Å²) in [4.78, 5) is 11.7. The third kappa shape index (κ3) is 4.79. The first-order chi connectivity index (χ1) is 8.00. The van der Waals surface area contributed by atoms with Crippen molar-refractivity contribution in [3.63, 3.8) is 0 Å². The van der Waals surface area contributed by atoms with Crippen LogP contribution in [0.15, 0.2) is 12.3 Å². The summed E-state index contributed by atoms with van der Waals surface area (Å²) in [6.45, 7) is 5.97. The number of hydrogen-bond acceptors (Lipinski definition) is 4. The highest BCUT2D eigenvalue weighted by atomic mass is 32.2. The van der Waals surface area contributed by atoms with Crippen LogP contribution in [-0.4, -0.2) is 33.2 Å². The van der Waals surface area contributed by atoms with Crippen molar-refractivity contribution in [2.75, 3.05) is 16.8 Å². The Morgan fingerprint density at radius 2 is 2.29 bits per heavy atom. The molecule has 1 aromatic rings. The molecule has 1 unspecified atom stereocenters. The topological polar surface area (TPSA) is 72.9 Å². The van der Waals surface area contributed by atoms with Crippen molar-refractivity contribution in [2.45, 2.75) is 32.9 Å². The van der Waals surface area contributed by atoms with Crippen LogP contribution in [0.25, 0.3) is 0 Å². The maximum Gasteiger partial charge on any atom is 0.235 e. The molecule has 1 heterocycles. The summed E-state index contributed by atoms with van der Waals surface area (Å²) < 4.78 is 1.79. The normalized spacial score (nSPS) is 12.8. The van der Waals surface area contributed by atoms with E-state index in [-0.39, 0.29) is 18.0 Å². The monoisotopic (exact) mass is 256 g/mol. The lowest BCUT2D eigenvalue weighted by Crippen LogP contribution is -2.21. The smallest absolute Gasteiger partial charge is 0.235 e. The quantitative estimate of drug-likeness (QED) is 0.808. The van der Waals surface area contributed by atoms with E-state index in [0.29, 0.717) is 5.75 Å². The van der Waals surface area contributed by atoms with Crippen LogP contribution < -0.4 is 11.1 Å². The number of nitrogens with zero attached hydrogens (tertiary/aromatic N) is 2. The number of carbonyl (C=O) groups excluding carboxylic acids is 1. The highest BCUT2D eigenvalue weighted by molar-refractivity contribution is 8.00. The summed E-state index contributed by atoms with van der Waals surface area (Å²) in [5, 5.41) is 7.00. The molecule has 6 heteroatoms. The van der Waals surface area contributed by atoms with E-state index < -0.39 is 0 Å². The standard InChI is InChI=1S/C11H20N4OS/c1-8(2)15-10(4-5-13-15)14-11(16)7-17-6-9(3)12/h4-5,8-9H,6-7,12H2,1-3H3,(H,14,16). The molecule has 0 aliphatic rings. The van der Waals surface area contributed by atoms with Gasteiger partial charge in [-0.3, -0.25) is 4.79 Å². The lowest BCUT2D eigenvalue weighted by atomic mass is 10.4. The second-order valence-corrected chi connectivity index (χ2v) is 5.33. The largest absolute Gasteiger partial charge is 0.327 e. The summed E-state index contributed by atoms with van der Waals surface area (Å²) >= 11 is 1.54. The van der Waals surface area contributed by atoms with E-state index in [1.807, 2.05) is 20.8 Å². The molecular formula is C11H20N4OS. The molecule has 0 saturated carbocycles. The van der Waals surface area contributed by atoms with E-state index in [0.717, 1.165) is 11.6 Å². The summed E-state index contributed by atoms with van der Waals surface area (Å²) in [5.74, 6) is 1.94. The fraction of sp³-hybridized carbons (Fsp3) is 0.636. The summed E-state index contributed by atoms with van der Waals surface area (Å²) in [6, 6.07) is 2.15. The number of carbonyl (C=O) groups is 1. The zero-order valence-corrected chi connectivity index (χ0v) is 11.3. The number of nitrogens with two attached hydrogens (primary N) is 1. The van der Waals surface area contributed by atoms with Crippen LogP contribution in [0.2, 0.25) is 0 Å². The first-order valence-corrected chi connectivity index (χ1v) is 6.83. The van der Waals surface area contributed by atoms with Crippen LogP contribution in [0, 0.1) is 0 Å². The van der Waals surface area contributed by atoms with Crippen molar-refractivity contribution < 1.29 is 4.79 Å². The lowest BCUT2D eigenvalue weighted by molar-refractivity contribution is -0.113. The van der Waals surface area contributed by atoms with Crippen LogP contribution >= 0.6 is 11.8 Å². The van der Waals surface area contributed by atoms with E-state index in [4.69, 9.17) is 5.73 Å². The van der Waals surface area contributed by atoms with Crippen LogP contribution in [-0.2, 0) is 4.79 Å². The van der Waals surface area contributed by atoms with E-state index in [1.165, 1.54) is 11.8 Å². The number of nitrogens with one attached hydrogen (secondary N) is 1. The SMILES string of the molecule is CC(N)CSCC(=O)Nc1ccnn1C(C)C. The van der Waals surface area contributed by atoms with Crippen molar-refractivity contribution in [1.82, 2.24) is 9.78 Å². The maximum absolute atomic E-state index is 11.7. The minimum absolute atomic E-state index is 0.0157. The van der Waals surface area contributed by atoms with Gasteiger partial charge in [0, 0.05) is 23.9 Å². The van der Waals surface area contributed by atoms with Gasteiger partial charge in [0.25, 0.3) is 0 Å². The van der Waals surface area contributed by atoms with Crippen molar-refractivity contribution in [1.29, 1.82) is 0 Å². The van der Waals surface area contributed by atoms with Gasteiger partial charge in [-0.15, -0.1) is 0 Å². The first-order valence-electron chi connectivity index (χ1n) is 5.67. The summed E-state index contributed by atoms with van der Waals surface area (Å²) in [7, 11) is 0. The Kier molecular flexibility index (Phi) is 5.50. The van der Waals surface area contributed by atoms with E-state index >= 15 is 0 Å². The molecule has 0 bridgehead atoms. The molecule has 0 saturated heterocycles. The predicted octanol–water partition coefficient (Wildman–Crippen LogP) is 1.48. The van der Waals surface area contributed by atoms with Gasteiger partial charge in [-0.2, -0.15) is 16.9 Å². The Morgan fingerprint density at radius 1 is 1.59 bits per heavy atom. The van der Waals surface area contributed by atoms with Gasteiger partial charge in [-0.25, -0.2) is 4.68 Å². The van der Waals surface area contributed by atoms with E-state index in [2.05, 4.69) is 10.4 Å². The second kappa shape index (κ2) is 6.66. The fourth-order valence-corrected chi connectivity index (χ4v) is 2.09. The van der Waals surface area contributed by atoms with Crippen LogP contribution in [0.1, 0.15) is 26.8 Å². The second-order valence-electron chi connectivity index (χ2n) is 4.30. The number of anilines is 1. The Morgan fingerprint density at radius 3 is 2.88 bits per heavy atom. The molecule has 17 heavy (non-hydrogen) atoms. The van der Waals surface area contributed by atoms with E-state index in [9.17, 15) is 4.79 Å². The Bertz CT molecular complexity index is 362. The molecule has 5 nitrogen and oxygen atoms in total. The predicted molar refractivity (Wildman–Crippen MR) is 72.2 cm³/mol. The van der Waals surface area contributed by atoms with E-state index in [1.54, 1.807) is 16.9 Å². The average Bonchev–Trinajstić information content (AvgIpc) is 2.65. The zero-order valence-electron chi connectivity index (χ0n) is 10.5. The van der Waals surface area contributed by atoms with Gasteiger partial charge in [-0.05, 0) is 20.8 Å². The number of aromatic nitrogens is 2. The van der Waals surface area contributed by atoms with Gasteiger partial charge in [0.05, 0.1) is 11.9 Å². The molecule has 0 spiro atoms. The van der Waals surface area contributed by atoms with Crippen molar-refractivity contribution in [2.24, 2.45) is 5.73 Å². The van der Waals surface area contributed by atoms with Crippen LogP contribution in [0.4, 0.5) is 5.82 Å². The minimum atomic E-state index is -0.0157. The number of rotatable bonds is 6.